The molecule has 0 saturated carbocycles. The number of aromatic nitrogens is 3. The molecule has 0 aliphatic rings. The van der Waals surface area contributed by atoms with Gasteiger partial charge in [0.25, 0.3) is 12.4 Å². The maximum absolute atomic E-state index is 10.7. The van der Waals surface area contributed by atoms with Crippen LogP contribution in [0.3, 0.4) is 0 Å². The first-order chi connectivity index (χ1) is 14.4. The smallest absolute Gasteiger partial charge is 0.485 e. The number of hydrogen-bond donors (Lipinski definition) is 0. The Kier molecular flexibility index (Phi) is 7.30. The van der Waals surface area contributed by atoms with Crippen molar-refractivity contribution in [3.8, 4) is 17.0 Å². The van der Waals surface area contributed by atoms with Gasteiger partial charge in [-0.1, -0.05) is 30.3 Å². The highest BCUT2D eigenvalue weighted by Gasteiger charge is 2.36. The van der Waals surface area contributed by atoms with Gasteiger partial charge >= 0.3 is 5.51 Å². The topological polar surface area (TPSA) is 131 Å². The number of rotatable bonds is 5. The minimum Gasteiger partial charge on any atom is -0.741 e. The Morgan fingerprint density at radius 1 is 1.13 bits per heavy atom. The Bertz CT molecular complexity index is 1130. The van der Waals surface area contributed by atoms with E-state index in [-0.39, 0.29) is 12.4 Å². The summed E-state index contributed by atoms with van der Waals surface area (Å²) in [4.78, 5) is 10.2. The molecule has 0 bridgehead atoms. The van der Waals surface area contributed by atoms with E-state index in [4.69, 9.17) is 17.7 Å². The van der Waals surface area contributed by atoms with Gasteiger partial charge in [0.15, 0.2) is 22.0 Å². The van der Waals surface area contributed by atoms with Gasteiger partial charge in [0, 0.05) is 17.7 Å². The fourth-order valence-electron chi connectivity index (χ4n) is 2.21. The van der Waals surface area contributed by atoms with Crippen LogP contribution in [-0.2, 0) is 23.9 Å². The minimum atomic E-state index is -6.09. The number of halogens is 3. The van der Waals surface area contributed by atoms with Crippen LogP contribution in [0.25, 0.3) is 11.3 Å². The van der Waals surface area contributed by atoms with Crippen LogP contribution in [-0.4, -0.2) is 33.3 Å². The van der Waals surface area contributed by atoms with E-state index in [0.29, 0.717) is 5.75 Å². The van der Waals surface area contributed by atoms with Gasteiger partial charge in [-0.25, -0.2) is 8.42 Å². The standard InChI is InChI=1S/C16H15N4O3.CHF3O3S/c1-18-16(13-5-3-2-4-6-13)11-19(17-18)12-23-15-9-7-14(8-10-15)20(21)22;2-1(3,4)8(5,6)7/h2-11H,12H2,1H3;(H,5,6,7)/q+1;/p-1. The van der Waals surface area contributed by atoms with Gasteiger partial charge in [-0.2, -0.15) is 13.2 Å². The summed E-state index contributed by atoms with van der Waals surface area (Å²) in [5, 5.41) is 15.0. The summed E-state index contributed by atoms with van der Waals surface area (Å²) in [6.07, 6.45) is 1.89. The molecule has 0 aliphatic carbocycles. The van der Waals surface area contributed by atoms with Crippen LogP contribution in [0.5, 0.6) is 5.75 Å². The average Bonchev–Trinajstić information content (AvgIpc) is 3.07. The van der Waals surface area contributed by atoms with Crippen LogP contribution in [0.4, 0.5) is 18.9 Å². The van der Waals surface area contributed by atoms with Crippen molar-refractivity contribution in [1.29, 1.82) is 0 Å². The lowest BCUT2D eigenvalue weighted by Crippen LogP contribution is -2.38. The zero-order chi connectivity index (χ0) is 23.2. The molecular formula is C17H15F3N4O6S. The largest absolute Gasteiger partial charge is 0.741 e. The van der Waals surface area contributed by atoms with Crippen molar-refractivity contribution < 1.29 is 40.5 Å². The first-order valence-corrected chi connectivity index (χ1v) is 9.68. The second-order valence-electron chi connectivity index (χ2n) is 5.86. The summed E-state index contributed by atoms with van der Waals surface area (Å²) in [7, 11) is -4.22. The van der Waals surface area contributed by atoms with E-state index in [0.717, 1.165) is 11.3 Å². The summed E-state index contributed by atoms with van der Waals surface area (Å²) in [6, 6.07) is 15.9. The fraction of sp³-hybridized carbons (Fsp3) is 0.176. The van der Waals surface area contributed by atoms with Crippen LogP contribution < -0.4 is 9.42 Å². The Labute approximate surface area is 174 Å². The fourth-order valence-corrected chi connectivity index (χ4v) is 2.21. The number of alkyl halides is 3. The Hall–Kier alpha value is -3.52. The van der Waals surface area contributed by atoms with Crippen molar-refractivity contribution >= 4 is 15.8 Å². The lowest BCUT2D eigenvalue weighted by molar-refractivity contribution is -0.779. The molecule has 0 saturated heterocycles. The van der Waals surface area contributed by atoms with Gasteiger partial charge in [-0.15, -0.1) is 9.36 Å². The van der Waals surface area contributed by atoms with Crippen molar-refractivity contribution in [3.05, 3.63) is 70.9 Å². The Morgan fingerprint density at radius 2 is 1.68 bits per heavy atom. The lowest BCUT2D eigenvalue weighted by atomic mass is 10.2. The Balaban J connectivity index is 0.000000366. The molecule has 31 heavy (non-hydrogen) atoms. The number of ether oxygens (including phenoxy) is 1. The minimum absolute atomic E-state index is 0.0363. The average molecular weight is 460 g/mol. The van der Waals surface area contributed by atoms with Crippen LogP contribution in [0.2, 0.25) is 0 Å². The molecule has 10 nitrogen and oxygen atoms in total. The van der Waals surface area contributed by atoms with Crippen LogP contribution in [0, 0.1) is 10.1 Å². The van der Waals surface area contributed by atoms with Gasteiger partial charge in [-0.3, -0.25) is 10.1 Å². The molecule has 0 N–H and O–H groups in total. The third-order valence-corrected chi connectivity index (χ3v) is 4.20. The van der Waals surface area contributed by atoms with Crippen LogP contribution in [0.1, 0.15) is 0 Å². The highest BCUT2D eigenvalue weighted by atomic mass is 32.2. The molecule has 0 fully saturated rings. The van der Waals surface area contributed by atoms with Crippen molar-refractivity contribution in [1.82, 2.24) is 9.90 Å². The first kappa shape index (κ1) is 23.8. The molecule has 1 aromatic heterocycles. The molecule has 0 atom stereocenters. The summed E-state index contributed by atoms with van der Waals surface area (Å²) in [5.41, 5.74) is -3.57. The van der Waals surface area contributed by atoms with E-state index in [1.807, 2.05) is 43.6 Å². The van der Waals surface area contributed by atoms with Crippen molar-refractivity contribution in [3.63, 3.8) is 0 Å². The highest BCUT2D eigenvalue weighted by Crippen LogP contribution is 2.20. The molecule has 0 spiro atoms. The second kappa shape index (κ2) is 9.53. The molecule has 166 valence electrons. The third kappa shape index (κ3) is 6.75. The molecule has 14 heteroatoms. The third-order valence-electron chi connectivity index (χ3n) is 3.63. The summed E-state index contributed by atoms with van der Waals surface area (Å²) >= 11 is 0. The van der Waals surface area contributed by atoms with Gasteiger partial charge in [0.2, 0.25) is 0 Å². The number of aryl methyl sites for hydroxylation is 1. The Morgan fingerprint density at radius 3 is 2.16 bits per heavy atom. The second-order valence-corrected chi connectivity index (χ2v) is 7.23. The summed E-state index contributed by atoms with van der Waals surface area (Å²) in [6.45, 7) is 0.221. The predicted molar refractivity (Wildman–Crippen MR) is 98.3 cm³/mol. The maximum atomic E-state index is 10.7. The van der Waals surface area contributed by atoms with E-state index >= 15 is 0 Å². The van der Waals surface area contributed by atoms with Crippen molar-refractivity contribution in [2.45, 2.75) is 12.2 Å². The molecular weight excluding hydrogens is 445 g/mol. The summed E-state index contributed by atoms with van der Waals surface area (Å²) < 4.78 is 67.9. The zero-order valence-electron chi connectivity index (χ0n) is 15.8. The van der Waals surface area contributed by atoms with Crippen LogP contribution >= 0.6 is 0 Å². The first-order valence-electron chi connectivity index (χ1n) is 8.27. The van der Waals surface area contributed by atoms with Crippen molar-refractivity contribution in [2.75, 3.05) is 0 Å². The van der Waals surface area contributed by atoms with Gasteiger partial charge in [0.1, 0.15) is 12.8 Å². The normalized spacial score (nSPS) is 11.4. The number of benzene rings is 2. The number of nitro benzene ring substituents is 1. The monoisotopic (exact) mass is 460 g/mol. The van der Waals surface area contributed by atoms with E-state index in [9.17, 15) is 23.3 Å². The molecule has 0 radical (unpaired) electrons. The van der Waals surface area contributed by atoms with Crippen LogP contribution in [0.15, 0.2) is 60.8 Å². The molecule has 3 aromatic rings. The molecule has 0 unspecified atom stereocenters. The van der Waals surface area contributed by atoms with E-state index < -0.39 is 20.5 Å². The van der Waals surface area contributed by atoms with E-state index in [1.54, 1.807) is 21.5 Å². The highest BCUT2D eigenvalue weighted by molar-refractivity contribution is 7.86. The van der Waals surface area contributed by atoms with E-state index in [1.165, 1.54) is 12.1 Å². The van der Waals surface area contributed by atoms with E-state index in [2.05, 4.69) is 5.21 Å². The SMILES string of the molecule is Cn1n[n+](COc2ccc([N+](=O)[O-])cc2)cc1-c1ccccc1.O=S(=O)([O-])C(F)(F)F. The molecule has 0 amide bonds. The molecule has 0 aliphatic heterocycles. The molecule has 2 aromatic carbocycles. The summed E-state index contributed by atoms with van der Waals surface area (Å²) in [5.74, 6) is 0.551. The van der Waals surface area contributed by atoms with Gasteiger partial charge in [0.05, 0.1) is 10.1 Å². The van der Waals surface area contributed by atoms with Gasteiger partial charge in [-0.05, 0) is 12.1 Å². The predicted octanol–water partition coefficient (Wildman–Crippen LogP) is 2.37. The van der Waals surface area contributed by atoms with Crippen molar-refractivity contribution in [2.24, 2.45) is 7.05 Å². The number of hydrogen-bond acceptors (Lipinski definition) is 7. The van der Waals surface area contributed by atoms with Gasteiger partial charge < -0.3 is 9.29 Å². The molecule has 1 heterocycles. The number of non-ortho nitro benzene ring substituents is 1. The number of nitrogens with zero attached hydrogens (tertiary/aromatic N) is 4. The number of nitro groups is 1. The zero-order valence-corrected chi connectivity index (χ0v) is 16.6. The molecule has 3 rings (SSSR count). The maximum Gasteiger partial charge on any atom is 0.485 e. The quantitative estimate of drug-likeness (QED) is 0.188. The lowest BCUT2D eigenvalue weighted by Gasteiger charge is -2.08.